The largest absolute Gasteiger partial charge is 0.494 e. The van der Waals surface area contributed by atoms with Crippen LogP contribution in [0.2, 0.25) is 0 Å². The summed E-state index contributed by atoms with van der Waals surface area (Å²) >= 11 is 3.29. The molecule has 0 heterocycles. The zero-order valence-electron chi connectivity index (χ0n) is 10.8. The van der Waals surface area contributed by atoms with Crippen molar-refractivity contribution in [2.45, 2.75) is 6.42 Å². The highest BCUT2D eigenvalue weighted by Crippen LogP contribution is 2.19. The number of halogens is 1. The third-order valence-electron chi connectivity index (χ3n) is 2.30. The Morgan fingerprint density at radius 3 is 2.00 bits per heavy atom. The maximum atomic E-state index is 11.5. The van der Waals surface area contributed by atoms with Crippen molar-refractivity contribution in [2.24, 2.45) is 0 Å². The molecule has 0 saturated heterocycles. The van der Waals surface area contributed by atoms with Crippen molar-refractivity contribution in [3.05, 3.63) is 29.3 Å². The summed E-state index contributed by atoms with van der Waals surface area (Å²) < 4.78 is 14.7. The SMILES string of the molecule is COC(=O)c1cc(OCCCBr)cc(C(=O)OC)c1. The fourth-order valence-corrected chi connectivity index (χ4v) is 1.63. The molecule has 0 fully saturated rings. The summed E-state index contributed by atoms with van der Waals surface area (Å²) in [6, 6.07) is 4.48. The predicted octanol–water partition coefficient (Wildman–Crippen LogP) is 2.42. The van der Waals surface area contributed by atoms with Gasteiger partial charge >= 0.3 is 11.9 Å². The highest BCUT2D eigenvalue weighted by Gasteiger charge is 2.14. The van der Waals surface area contributed by atoms with Crippen LogP contribution in [-0.2, 0) is 9.47 Å². The number of carbonyl (C=O) groups is 2. The first-order chi connectivity index (χ1) is 9.12. The van der Waals surface area contributed by atoms with Crippen LogP contribution in [0.15, 0.2) is 18.2 Å². The van der Waals surface area contributed by atoms with Crippen LogP contribution in [0.5, 0.6) is 5.75 Å². The predicted molar refractivity (Wildman–Crippen MR) is 73.0 cm³/mol. The smallest absolute Gasteiger partial charge is 0.338 e. The molecule has 0 radical (unpaired) electrons. The minimum absolute atomic E-state index is 0.249. The Morgan fingerprint density at radius 1 is 1.05 bits per heavy atom. The fraction of sp³-hybridized carbons (Fsp3) is 0.385. The van der Waals surface area contributed by atoms with Gasteiger partial charge in [0.25, 0.3) is 0 Å². The molecule has 0 unspecified atom stereocenters. The van der Waals surface area contributed by atoms with Crippen molar-refractivity contribution in [3.8, 4) is 5.75 Å². The van der Waals surface area contributed by atoms with Crippen molar-refractivity contribution in [1.29, 1.82) is 0 Å². The Balaban J connectivity index is 3.02. The van der Waals surface area contributed by atoms with E-state index in [9.17, 15) is 9.59 Å². The quantitative estimate of drug-likeness (QED) is 0.455. The summed E-state index contributed by atoms with van der Waals surface area (Å²) in [5, 5.41) is 0.813. The minimum atomic E-state index is -0.531. The van der Waals surface area contributed by atoms with E-state index in [0.717, 1.165) is 11.8 Å². The molecule has 1 aromatic rings. The normalized spacial score (nSPS) is 9.84. The van der Waals surface area contributed by atoms with E-state index in [0.29, 0.717) is 12.4 Å². The first-order valence-corrected chi connectivity index (χ1v) is 6.75. The molecule has 0 amide bonds. The third-order valence-corrected chi connectivity index (χ3v) is 2.86. The van der Waals surface area contributed by atoms with E-state index in [1.54, 1.807) is 0 Å². The van der Waals surface area contributed by atoms with Crippen LogP contribution in [0.4, 0.5) is 0 Å². The summed E-state index contributed by atoms with van der Waals surface area (Å²) in [4.78, 5) is 23.0. The molecule has 1 rings (SSSR count). The highest BCUT2D eigenvalue weighted by molar-refractivity contribution is 9.09. The zero-order chi connectivity index (χ0) is 14.3. The summed E-state index contributed by atoms with van der Waals surface area (Å²) in [5.41, 5.74) is 0.499. The van der Waals surface area contributed by atoms with Gasteiger partial charge in [0.2, 0.25) is 0 Å². The van der Waals surface area contributed by atoms with Gasteiger partial charge in [-0.2, -0.15) is 0 Å². The van der Waals surface area contributed by atoms with Crippen molar-refractivity contribution < 1.29 is 23.8 Å². The first-order valence-electron chi connectivity index (χ1n) is 5.63. The Kier molecular flexibility index (Phi) is 6.35. The number of rotatable bonds is 6. The minimum Gasteiger partial charge on any atom is -0.494 e. The van der Waals surface area contributed by atoms with Crippen LogP contribution in [0.3, 0.4) is 0 Å². The maximum Gasteiger partial charge on any atom is 0.338 e. The van der Waals surface area contributed by atoms with E-state index in [1.807, 2.05) is 0 Å². The summed E-state index contributed by atoms with van der Waals surface area (Å²) in [5.74, 6) is -0.628. The average Bonchev–Trinajstić information content (AvgIpc) is 2.45. The van der Waals surface area contributed by atoms with Gasteiger partial charge in [-0.05, 0) is 24.6 Å². The molecule has 0 aliphatic carbocycles. The van der Waals surface area contributed by atoms with Crippen molar-refractivity contribution >= 4 is 27.9 Å². The lowest BCUT2D eigenvalue weighted by Crippen LogP contribution is -2.08. The van der Waals surface area contributed by atoms with Gasteiger partial charge in [0, 0.05) is 5.33 Å². The van der Waals surface area contributed by atoms with Gasteiger partial charge in [-0.25, -0.2) is 9.59 Å². The molecule has 0 aromatic heterocycles. The second-order valence-electron chi connectivity index (χ2n) is 3.62. The van der Waals surface area contributed by atoms with E-state index in [1.165, 1.54) is 32.4 Å². The van der Waals surface area contributed by atoms with Crippen LogP contribution in [0, 0.1) is 0 Å². The molecule has 19 heavy (non-hydrogen) atoms. The Morgan fingerprint density at radius 2 is 1.58 bits per heavy atom. The zero-order valence-corrected chi connectivity index (χ0v) is 12.4. The van der Waals surface area contributed by atoms with Crippen molar-refractivity contribution in [1.82, 2.24) is 0 Å². The van der Waals surface area contributed by atoms with Crippen molar-refractivity contribution in [3.63, 3.8) is 0 Å². The molecule has 0 bridgehead atoms. The summed E-state index contributed by atoms with van der Waals surface area (Å²) in [6.45, 7) is 0.483. The van der Waals surface area contributed by atoms with Gasteiger partial charge in [-0.3, -0.25) is 0 Å². The van der Waals surface area contributed by atoms with Gasteiger partial charge in [0.15, 0.2) is 0 Å². The average molecular weight is 331 g/mol. The van der Waals surface area contributed by atoms with Gasteiger partial charge in [-0.15, -0.1) is 0 Å². The van der Waals surface area contributed by atoms with Gasteiger partial charge in [0.1, 0.15) is 5.75 Å². The van der Waals surface area contributed by atoms with E-state index in [-0.39, 0.29) is 11.1 Å². The molecule has 104 valence electrons. The molecule has 0 saturated carbocycles. The summed E-state index contributed by atoms with van der Waals surface area (Å²) in [6.07, 6.45) is 0.815. The Labute approximate surface area is 120 Å². The van der Waals surface area contributed by atoms with Crippen LogP contribution in [-0.4, -0.2) is 38.1 Å². The van der Waals surface area contributed by atoms with Gasteiger partial charge in [-0.1, -0.05) is 15.9 Å². The number of hydrogen-bond donors (Lipinski definition) is 0. The van der Waals surface area contributed by atoms with E-state index in [2.05, 4.69) is 25.4 Å². The highest BCUT2D eigenvalue weighted by atomic mass is 79.9. The van der Waals surface area contributed by atoms with Gasteiger partial charge in [0.05, 0.1) is 32.0 Å². The first kappa shape index (κ1) is 15.5. The third kappa shape index (κ3) is 4.55. The van der Waals surface area contributed by atoms with Crippen LogP contribution >= 0.6 is 15.9 Å². The molecule has 1 aromatic carbocycles. The monoisotopic (exact) mass is 330 g/mol. The van der Waals surface area contributed by atoms with E-state index in [4.69, 9.17) is 4.74 Å². The van der Waals surface area contributed by atoms with E-state index < -0.39 is 11.9 Å². The van der Waals surface area contributed by atoms with Crippen LogP contribution in [0.25, 0.3) is 0 Å². The molecular formula is C13H15BrO5. The number of benzene rings is 1. The lowest BCUT2D eigenvalue weighted by Gasteiger charge is -2.09. The molecule has 0 atom stereocenters. The number of hydrogen-bond acceptors (Lipinski definition) is 5. The number of esters is 2. The lowest BCUT2D eigenvalue weighted by molar-refractivity contribution is 0.0598. The number of ether oxygens (including phenoxy) is 3. The maximum absolute atomic E-state index is 11.5. The molecule has 5 nitrogen and oxygen atoms in total. The molecule has 6 heteroatoms. The van der Waals surface area contributed by atoms with Crippen LogP contribution < -0.4 is 4.74 Å². The fourth-order valence-electron chi connectivity index (χ4n) is 1.40. The number of alkyl halides is 1. The van der Waals surface area contributed by atoms with Gasteiger partial charge < -0.3 is 14.2 Å². The molecular weight excluding hydrogens is 316 g/mol. The van der Waals surface area contributed by atoms with Crippen LogP contribution in [0.1, 0.15) is 27.1 Å². The molecule has 0 aliphatic rings. The Bertz CT molecular complexity index is 424. The van der Waals surface area contributed by atoms with E-state index >= 15 is 0 Å². The second kappa shape index (κ2) is 7.78. The second-order valence-corrected chi connectivity index (χ2v) is 4.41. The lowest BCUT2D eigenvalue weighted by atomic mass is 10.1. The molecule has 0 spiro atoms. The standard InChI is InChI=1S/C13H15BrO5/c1-17-12(15)9-6-10(13(16)18-2)8-11(7-9)19-5-3-4-14/h6-8H,3-5H2,1-2H3. The molecule has 0 aliphatic heterocycles. The topological polar surface area (TPSA) is 61.8 Å². The molecule has 0 N–H and O–H groups in total. The Hall–Kier alpha value is -1.56. The summed E-state index contributed by atoms with van der Waals surface area (Å²) in [7, 11) is 2.55. The number of methoxy groups -OCH3 is 2. The van der Waals surface area contributed by atoms with Crippen molar-refractivity contribution in [2.75, 3.05) is 26.2 Å². The number of carbonyl (C=O) groups excluding carboxylic acids is 2.